The molecular weight excluding hydrogens is 308 g/mol. The Morgan fingerprint density at radius 3 is 2.56 bits per heavy atom. The molecule has 1 aromatic carbocycles. The molecule has 0 unspecified atom stereocenters. The minimum absolute atomic E-state index is 0.00699. The highest BCUT2D eigenvalue weighted by atomic mass is 79.9. The van der Waals surface area contributed by atoms with Crippen LogP contribution in [-0.4, -0.2) is 5.78 Å². The van der Waals surface area contributed by atoms with Crippen LogP contribution in [0.25, 0.3) is 0 Å². The van der Waals surface area contributed by atoms with Gasteiger partial charge in [-0.15, -0.1) is 11.3 Å². The zero-order valence-corrected chi connectivity index (χ0v) is 11.6. The van der Waals surface area contributed by atoms with E-state index in [1.165, 1.54) is 0 Å². The third-order valence-electron chi connectivity index (χ3n) is 2.12. The third-order valence-corrected chi connectivity index (χ3v) is 3.65. The summed E-state index contributed by atoms with van der Waals surface area (Å²) in [5.41, 5.74) is 1.33. The average molecular weight is 316 g/mol. The second-order valence-corrected chi connectivity index (χ2v) is 5.90. The minimum Gasteiger partial charge on any atom is -0.289 e. The minimum atomic E-state index is 0.00699. The van der Waals surface area contributed by atoms with Crippen molar-refractivity contribution in [3.63, 3.8) is 0 Å². The fourth-order valence-electron chi connectivity index (χ4n) is 1.41. The molecule has 0 aliphatic rings. The molecule has 16 heavy (non-hydrogen) atoms. The van der Waals surface area contributed by atoms with Gasteiger partial charge in [0.2, 0.25) is 0 Å². The van der Waals surface area contributed by atoms with Gasteiger partial charge in [0.15, 0.2) is 5.78 Å². The number of ketones is 1. The fraction of sp³-hybridized carbons (Fsp3) is 0.0833. The summed E-state index contributed by atoms with van der Waals surface area (Å²) in [5, 5.41) is 2.43. The highest BCUT2D eigenvalue weighted by molar-refractivity contribution is 9.10. The monoisotopic (exact) mass is 314 g/mol. The molecule has 4 heteroatoms. The standard InChI is InChI=1S/C12H8BrClOS/c1-7-2-9(6-16-7)12(15)8-3-10(13)5-11(14)4-8/h2-6H,1H3. The van der Waals surface area contributed by atoms with Crippen LogP contribution in [0.15, 0.2) is 34.1 Å². The summed E-state index contributed by atoms with van der Waals surface area (Å²) in [6.45, 7) is 1.98. The SMILES string of the molecule is Cc1cc(C(=O)c2cc(Cl)cc(Br)c2)cs1. The largest absolute Gasteiger partial charge is 0.289 e. The van der Waals surface area contributed by atoms with Gasteiger partial charge in [-0.2, -0.15) is 0 Å². The van der Waals surface area contributed by atoms with Gasteiger partial charge in [-0.25, -0.2) is 0 Å². The highest BCUT2D eigenvalue weighted by Gasteiger charge is 2.11. The molecule has 0 saturated heterocycles. The molecule has 0 aliphatic heterocycles. The third kappa shape index (κ3) is 2.54. The molecule has 0 saturated carbocycles. The van der Waals surface area contributed by atoms with Crippen LogP contribution in [0.2, 0.25) is 5.02 Å². The quantitative estimate of drug-likeness (QED) is 0.734. The van der Waals surface area contributed by atoms with Gasteiger partial charge < -0.3 is 0 Å². The summed E-state index contributed by atoms with van der Waals surface area (Å²) >= 11 is 10.8. The van der Waals surface area contributed by atoms with Crippen LogP contribution in [0.1, 0.15) is 20.8 Å². The number of carbonyl (C=O) groups excluding carboxylic acids is 1. The van der Waals surface area contributed by atoms with Crippen molar-refractivity contribution in [2.45, 2.75) is 6.92 Å². The number of hydrogen-bond donors (Lipinski definition) is 0. The zero-order chi connectivity index (χ0) is 11.7. The lowest BCUT2D eigenvalue weighted by Gasteiger charge is -2.00. The number of thiophene rings is 1. The molecule has 0 amide bonds. The first-order valence-corrected chi connectivity index (χ1v) is 6.67. The first-order chi connectivity index (χ1) is 7.56. The number of benzene rings is 1. The van der Waals surface area contributed by atoms with E-state index in [0.717, 1.165) is 14.9 Å². The number of halogens is 2. The highest BCUT2D eigenvalue weighted by Crippen LogP contribution is 2.23. The van der Waals surface area contributed by atoms with Gasteiger partial charge >= 0.3 is 0 Å². The van der Waals surface area contributed by atoms with Gasteiger partial charge in [-0.1, -0.05) is 27.5 Å². The maximum absolute atomic E-state index is 12.1. The Balaban J connectivity index is 2.41. The predicted molar refractivity (Wildman–Crippen MR) is 71.6 cm³/mol. The summed E-state index contributed by atoms with van der Waals surface area (Å²) in [7, 11) is 0. The van der Waals surface area contributed by atoms with Crippen LogP contribution >= 0.6 is 38.9 Å². The maximum atomic E-state index is 12.1. The van der Waals surface area contributed by atoms with Crippen LogP contribution in [0, 0.1) is 6.92 Å². The van der Waals surface area contributed by atoms with Crippen molar-refractivity contribution in [3.05, 3.63) is 55.1 Å². The van der Waals surface area contributed by atoms with E-state index in [1.54, 1.807) is 29.5 Å². The summed E-state index contributed by atoms with van der Waals surface area (Å²) < 4.78 is 0.815. The summed E-state index contributed by atoms with van der Waals surface area (Å²) in [5.74, 6) is 0.00699. The van der Waals surface area contributed by atoms with Crippen LogP contribution in [0.5, 0.6) is 0 Å². The predicted octanol–water partition coefficient (Wildman–Crippen LogP) is 4.70. The lowest BCUT2D eigenvalue weighted by molar-refractivity contribution is 0.103. The number of aryl methyl sites for hydroxylation is 1. The summed E-state index contributed by atoms with van der Waals surface area (Å²) in [6, 6.07) is 7.11. The Bertz CT molecular complexity index is 527. The number of rotatable bonds is 2. The van der Waals surface area contributed by atoms with Gasteiger partial charge in [-0.3, -0.25) is 4.79 Å². The normalized spacial score (nSPS) is 10.4. The first kappa shape index (κ1) is 11.8. The van der Waals surface area contributed by atoms with E-state index < -0.39 is 0 Å². The van der Waals surface area contributed by atoms with E-state index in [9.17, 15) is 4.79 Å². The van der Waals surface area contributed by atoms with Crippen molar-refractivity contribution < 1.29 is 4.79 Å². The molecule has 0 aliphatic carbocycles. The lowest BCUT2D eigenvalue weighted by Crippen LogP contribution is -1.99. The maximum Gasteiger partial charge on any atom is 0.193 e. The van der Waals surface area contributed by atoms with Gasteiger partial charge in [0.25, 0.3) is 0 Å². The molecule has 1 nitrogen and oxygen atoms in total. The molecule has 0 fully saturated rings. The Morgan fingerprint density at radius 1 is 1.25 bits per heavy atom. The molecule has 1 aromatic heterocycles. The van der Waals surface area contributed by atoms with Crippen molar-refractivity contribution in [1.29, 1.82) is 0 Å². The molecule has 1 heterocycles. The Morgan fingerprint density at radius 2 is 2.00 bits per heavy atom. The van der Waals surface area contributed by atoms with Crippen molar-refractivity contribution in [1.82, 2.24) is 0 Å². The number of hydrogen-bond acceptors (Lipinski definition) is 2. The van der Waals surface area contributed by atoms with Gasteiger partial charge in [-0.05, 0) is 31.2 Å². The number of carbonyl (C=O) groups is 1. The zero-order valence-electron chi connectivity index (χ0n) is 8.46. The average Bonchev–Trinajstić information content (AvgIpc) is 2.62. The molecular formula is C12H8BrClOS. The first-order valence-electron chi connectivity index (χ1n) is 4.62. The smallest absolute Gasteiger partial charge is 0.193 e. The van der Waals surface area contributed by atoms with E-state index in [0.29, 0.717) is 10.6 Å². The Hall–Kier alpha value is -0.640. The van der Waals surface area contributed by atoms with Crippen molar-refractivity contribution >= 4 is 44.7 Å². The van der Waals surface area contributed by atoms with Crippen LogP contribution in [0.4, 0.5) is 0 Å². The van der Waals surface area contributed by atoms with Crippen LogP contribution in [0.3, 0.4) is 0 Å². The molecule has 0 radical (unpaired) electrons. The van der Waals surface area contributed by atoms with Crippen LogP contribution < -0.4 is 0 Å². The van der Waals surface area contributed by atoms with Crippen LogP contribution in [-0.2, 0) is 0 Å². The Labute approximate surface area is 111 Å². The second-order valence-electron chi connectivity index (χ2n) is 3.43. The van der Waals surface area contributed by atoms with E-state index in [-0.39, 0.29) is 5.78 Å². The van der Waals surface area contributed by atoms with Gasteiger partial charge in [0, 0.05) is 30.9 Å². The fourth-order valence-corrected chi connectivity index (χ4v) is 2.96. The second kappa shape index (κ2) is 4.70. The van der Waals surface area contributed by atoms with Gasteiger partial charge in [0.05, 0.1) is 0 Å². The van der Waals surface area contributed by atoms with E-state index in [2.05, 4.69) is 15.9 Å². The van der Waals surface area contributed by atoms with E-state index in [4.69, 9.17) is 11.6 Å². The van der Waals surface area contributed by atoms with E-state index in [1.807, 2.05) is 18.4 Å². The Kier molecular flexibility index (Phi) is 3.47. The molecule has 2 aromatic rings. The summed E-state index contributed by atoms with van der Waals surface area (Å²) in [6.07, 6.45) is 0. The van der Waals surface area contributed by atoms with Crippen molar-refractivity contribution in [2.24, 2.45) is 0 Å². The van der Waals surface area contributed by atoms with E-state index >= 15 is 0 Å². The lowest BCUT2D eigenvalue weighted by atomic mass is 10.1. The molecule has 0 spiro atoms. The van der Waals surface area contributed by atoms with Crippen molar-refractivity contribution in [3.8, 4) is 0 Å². The molecule has 0 bridgehead atoms. The van der Waals surface area contributed by atoms with Gasteiger partial charge in [0.1, 0.15) is 0 Å². The van der Waals surface area contributed by atoms with Crippen molar-refractivity contribution in [2.75, 3.05) is 0 Å². The molecule has 0 N–H and O–H groups in total. The topological polar surface area (TPSA) is 17.1 Å². The summed E-state index contributed by atoms with van der Waals surface area (Å²) in [4.78, 5) is 13.2. The molecule has 0 atom stereocenters. The molecule has 2 rings (SSSR count). The molecule has 82 valence electrons.